The van der Waals surface area contributed by atoms with Gasteiger partial charge >= 0.3 is 0 Å². The number of rotatable bonds is 6. The number of hydrogen-bond donors (Lipinski definition) is 2. The van der Waals surface area contributed by atoms with Crippen LogP contribution in [0.5, 0.6) is 0 Å². The monoisotopic (exact) mass is 283 g/mol. The van der Waals surface area contributed by atoms with Crippen LogP contribution in [0.25, 0.3) is 0 Å². The summed E-state index contributed by atoms with van der Waals surface area (Å²) in [5, 5.41) is 3.47. The van der Waals surface area contributed by atoms with E-state index >= 15 is 0 Å². The lowest BCUT2D eigenvalue weighted by molar-refractivity contribution is -0.116. The minimum Gasteiger partial charge on any atom is -0.376 e. The number of benzene rings is 1. The Hall–Kier alpha value is -1.26. The Morgan fingerprint density at radius 3 is 2.68 bits per heavy atom. The van der Waals surface area contributed by atoms with Crippen molar-refractivity contribution in [2.75, 3.05) is 30.9 Å². The van der Waals surface area contributed by atoms with Crippen LogP contribution in [0.2, 0.25) is 5.02 Å². The van der Waals surface area contributed by atoms with E-state index in [2.05, 4.69) is 5.32 Å². The van der Waals surface area contributed by atoms with Gasteiger partial charge in [0.15, 0.2) is 0 Å². The van der Waals surface area contributed by atoms with E-state index in [0.29, 0.717) is 23.9 Å². The fraction of sp³-hybridized carbons (Fsp3) is 0.500. The van der Waals surface area contributed by atoms with E-state index in [9.17, 15) is 4.79 Å². The molecule has 4 nitrogen and oxygen atoms in total. The molecular formula is C14H22ClN3O. The van der Waals surface area contributed by atoms with Crippen LogP contribution in [0.15, 0.2) is 18.2 Å². The molecule has 0 heterocycles. The zero-order chi connectivity index (χ0) is 14.4. The van der Waals surface area contributed by atoms with Crippen molar-refractivity contribution in [2.24, 2.45) is 11.7 Å². The first-order valence-electron chi connectivity index (χ1n) is 6.40. The molecule has 0 fully saturated rings. The molecule has 0 aromatic heterocycles. The maximum Gasteiger partial charge on any atom is 0.224 e. The molecule has 1 atom stereocenters. The van der Waals surface area contributed by atoms with E-state index in [4.69, 9.17) is 17.3 Å². The summed E-state index contributed by atoms with van der Waals surface area (Å²) < 4.78 is 0. The standard InChI is InChI=1S/C14H22ClN3O/c1-10(9-16)4-7-14(19)17-11-5-6-13(18(2)3)12(15)8-11/h5-6,8,10H,4,7,9,16H2,1-3H3,(H,17,19). The predicted molar refractivity (Wildman–Crippen MR) is 81.9 cm³/mol. The van der Waals surface area contributed by atoms with Gasteiger partial charge in [0.25, 0.3) is 0 Å². The van der Waals surface area contributed by atoms with Crippen molar-refractivity contribution in [3.8, 4) is 0 Å². The van der Waals surface area contributed by atoms with Crippen molar-refractivity contribution in [2.45, 2.75) is 19.8 Å². The minimum absolute atomic E-state index is 0.00558. The highest BCUT2D eigenvalue weighted by atomic mass is 35.5. The topological polar surface area (TPSA) is 58.4 Å². The van der Waals surface area contributed by atoms with Crippen LogP contribution in [-0.2, 0) is 4.79 Å². The fourth-order valence-corrected chi connectivity index (χ4v) is 2.02. The van der Waals surface area contributed by atoms with Gasteiger partial charge in [-0.1, -0.05) is 18.5 Å². The molecule has 19 heavy (non-hydrogen) atoms. The largest absolute Gasteiger partial charge is 0.376 e. The van der Waals surface area contributed by atoms with E-state index in [0.717, 1.165) is 17.8 Å². The molecule has 5 heteroatoms. The first-order chi connectivity index (χ1) is 8.93. The van der Waals surface area contributed by atoms with E-state index in [1.807, 2.05) is 38.1 Å². The Kier molecular flexibility index (Phi) is 6.12. The molecule has 106 valence electrons. The van der Waals surface area contributed by atoms with Gasteiger partial charge in [-0.15, -0.1) is 0 Å². The van der Waals surface area contributed by atoms with Crippen molar-refractivity contribution >= 4 is 28.9 Å². The summed E-state index contributed by atoms with van der Waals surface area (Å²) in [5.41, 5.74) is 7.17. The van der Waals surface area contributed by atoms with Gasteiger partial charge in [-0.3, -0.25) is 4.79 Å². The number of hydrogen-bond acceptors (Lipinski definition) is 3. The summed E-state index contributed by atoms with van der Waals surface area (Å²) in [6.45, 7) is 2.65. The number of nitrogens with two attached hydrogens (primary N) is 1. The lowest BCUT2D eigenvalue weighted by Crippen LogP contribution is -2.16. The van der Waals surface area contributed by atoms with Crippen LogP contribution >= 0.6 is 11.6 Å². The molecule has 0 spiro atoms. The second-order valence-electron chi connectivity index (χ2n) is 4.99. The first kappa shape index (κ1) is 15.8. The molecule has 1 aromatic carbocycles. The Bertz CT molecular complexity index is 435. The number of carbonyl (C=O) groups excluding carboxylic acids is 1. The average Bonchev–Trinajstić information content (AvgIpc) is 2.35. The number of anilines is 2. The molecule has 1 amide bonds. The number of amides is 1. The molecule has 0 bridgehead atoms. The smallest absolute Gasteiger partial charge is 0.224 e. The maximum atomic E-state index is 11.8. The zero-order valence-electron chi connectivity index (χ0n) is 11.7. The van der Waals surface area contributed by atoms with Gasteiger partial charge in [0.2, 0.25) is 5.91 Å². The fourth-order valence-electron chi connectivity index (χ4n) is 1.67. The summed E-state index contributed by atoms with van der Waals surface area (Å²) in [5.74, 6) is 0.361. The van der Waals surface area contributed by atoms with Gasteiger partial charge < -0.3 is 16.0 Å². The highest BCUT2D eigenvalue weighted by molar-refractivity contribution is 6.33. The van der Waals surface area contributed by atoms with Gasteiger partial charge in [0, 0.05) is 26.2 Å². The number of carbonyl (C=O) groups is 1. The Morgan fingerprint density at radius 2 is 2.16 bits per heavy atom. The third kappa shape index (κ3) is 5.09. The Morgan fingerprint density at radius 1 is 1.47 bits per heavy atom. The summed E-state index contributed by atoms with van der Waals surface area (Å²) in [4.78, 5) is 13.7. The second-order valence-corrected chi connectivity index (χ2v) is 5.40. The second kappa shape index (κ2) is 7.36. The lowest BCUT2D eigenvalue weighted by atomic mass is 10.1. The zero-order valence-corrected chi connectivity index (χ0v) is 12.5. The first-order valence-corrected chi connectivity index (χ1v) is 6.78. The van der Waals surface area contributed by atoms with Gasteiger partial charge in [-0.25, -0.2) is 0 Å². The molecular weight excluding hydrogens is 262 g/mol. The third-order valence-electron chi connectivity index (χ3n) is 2.98. The minimum atomic E-state index is -0.00558. The highest BCUT2D eigenvalue weighted by Gasteiger charge is 2.08. The van der Waals surface area contributed by atoms with Crippen LogP contribution in [0.1, 0.15) is 19.8 Å². The van der Waals surface area contributed by atoms with Crippen LogP contribution in [0, 0.1) is 5.92 Å². The van der Waals surface area contributed by atoms with Crippen LogP contribution in [0.4, 0.5) is 11.4 Å². The molecule has 0 aliphatic heterocycles. The average molecular weight is 284 g/mol. The number of halogens is 1. The van der Waals surface area contributed by atoms with Gasteiger partial charge in [-0.05, 0) is 37.1 Å². The summed E-state index contributed by atoms with van der Waals surface area (Å²) in [6, 6.07) is 5.51. The summed E-state index contributed by atoms with van der Waals surface area (Å²) in [7, 11) is 3.85. The number of nitrogens with zero attached hydrogens (tertiary/aromatic N) is 1. The molecule has 1 rings (SSSR count). The molecule has 1 aromatic rings. The van der Waals surface area contributed by atoms with Crippen LogP contribution < -0.4 is 16.0 Å². The van der Waals surface area contributed by atoms with E-state index in [-0.39, 0.29) is 5.91 Å². The summed E-state index contributed by atoms with van der Waals surface area (Å²) in [6.07, 6.45) is 1.28. The number of nitrogens with one attached hydrogen (secondary N) is 1. The summed E-state index contributed by atoms with van der Waals surface area (Å²) >= 11 is 6.15. The molecule has 3 N–H and O–H groups in total. The van der Waals surface area contributed by atoms with E-state index < -0.39 is 0 Å². The van der Waals surface area contributed by atoms with Gasteiger partial charge in [-0.2, -0.15) is 0 Å². The van der Waals surface area contributed by atoms with Crippen molar-refractivity contribution in [3.63, 3.8) is 0 Å². The molecule has 0 saturated carbocycles. The quantitative estimate of drug-likeness (QED) is 0.844. The third-order valence-corrected chi connectivity index (χ3v) is 3.28. The molecule has 0 aliphatic carbocycles. The van der Waals surface area contributed by atoms with Crippen molar-refractivity contribution in [3.05, 3.63) is 23.2 Å². The van der Waals surface area contributed by atoms with E-state index in [1.54, 1.807) is 6.07 Å². The van der Waals surface area contributed by atoms with Crippen molar-refractivity contribution in [1.29, 1.82) is 0 Å². The SMILES string of the molecule is CC(CN)CCC(=O)Nc1ccc(N(C)C)c(Cl)c1. The lowest BCUT2D eigenvalue weighted by Gasteiger charge is -2.15. The van der Waals surface area contributed by atoms with Crippen molar-refractivity contribution < 1.29 is 4.79 Å². The molecule has 0 aliphatic rings. The van der Waals surface area contributed by atoms with Gasteiger partial charge in [0.1, 0.15) is 0 Å². The Balaban J connectivity index is 2.58. The highest BCUT2D eigenvalue weighted by Crippen LogP contribution is 2.27. The van der Waals surface area contributed by atoms with Gasteiger partial charge in [0.05, 0.1) is 10.7 Å². The normalized spacial score (nSPS) is 12.1. The molecule has 1 unspecified atom stereocenters. The van der Waals surface area contributed by atoms with E-state index in [1.165, 1.54) is 0 Å². The molecule has 0 radical (unpaired) electrons. The predicted octanol–water partition coefficient (Wildman–Crippen LogP) is 2.72. The maximum absolute atomic E-state index is 11.8. The van der Waals surface area contributed by atoms with Crippen LogP contribution in [0.3, 0.4) is 0 Å². The Labute approximate surface area is 119 Å². The van der Waals surface area contributed by atoms with Crippen LogP contribution in [-0.4, -0.2) is 26.5 Å². The van der Waals surface area contributed by atoms with Crippen molar-refractivity contribution in [1.82, 2.24) is 0 Å². The molecule has 0 saturated heterocycles.